The smallest absolute Gasteiger partial charge is 0.269 e. The molecule has 1 N–H and O–H groups in total. The van der Waals surface area contributed by atoms with Crippen LogP contribution in [0.2, 0.25) is 0 Å². The van der Waals surface area contributed by atoms with E-state index in [1.807, 2.05) is 36.4 Å². The molecule has 0 amide bonds. The lowest BCUT2D eigenvalue weighted by Crippen LogP contribution is -1.95. The van der Waals surface area contributed by atoms with Crippen molar-refractivity contribution in [2.75, 3.05) is 12.5 Å². The van der Waals surface area contributed by atoms with Crippen molar-refractivity contribution >= 4 is 29.4 Å². The van der Waals surface area contributed by atoms with E-state index in [-0.39, 0.29) is 5.69 Å². The highest BCUT2D eigenvalue weighted by Gasteiger charge is 2.06. The lowest BCUT2D eigenvalue weighted by molar-refractivity contribution is -0.384. The lowest BCUT2D eigenvalue weighted by atomic mass is 10.1. The Morgan fingerprint density at radius 1 is 1.21 bits per heavy atom. The molecule has 0 aliphatic carbocycles. The van der Waals surface area contributed by atoms with Gasteiger partial charge in [-0.25, -0.2) is 4.98 Å². The second-order valence-corrected chi connectivity index (χ2v) is 6.70. The number of ether oxygens (including phenoxy) is 1. The number of pyridine rings is 1. The Morgan fingerprint density at radius 3 is 2.71 bits per heavy atom. The lowest BCUT2D eigenvalue weighted by Gasteiger charge is -2.09. The Hall–Kier alpha value is -3.39. The molecule has 0 atom stereocenters. The Labute approximate surface area is 166 Å². The summed E-state index contributed by atoms with van der Waals surface area (Å²) in [6.45, 7) is 0. The fourth-order valence-corrected chi connectivity index (χ4v) is 3.25. The van der Waals surface area contributed by atoms with Crippen molar-refractivity contribution in [3.8, 4) is 5.75 Å². The molecule has 7 nitrogen and oxygen atoms in total. The van der Waals surface area contributed by atoms with E-state index in [2.05, 4.69) is 15.5 Å². The van der Waals surface area contributed by atoms with Crippen LogP contribution in [0.5, 0.6) is 5.75 Å². The number of nitrogens with zero attached hydrogens (tertiary/aromatic N) is 3. The Balaban J connectivity index is 1.66. The third kappa shape index (κ3) is 5.31. The molecule has 0 aliphatic rings. The van der Waals surface area contributed by atoms with Crippen LogP contribution in [0, 0.1) is 10.1 Å². The highest BCUT2D eigenvalue weighted by molar-refractivity contribution is 7.98. The monoisotopic (exact) mass is 394 g/mol. The third-order valence-electron chi connectivity index (χ3n) is 3.80. The predicted octanol–water partition coefficient (Wildman–Crippen LogP) is 4.74. The second-order valence-electron chi connectivity index (χ2n) is 5.70. The number of hydrogen-bond acceptors (Lipinski definition) is 7. The van der Waals surface area contributed by atoms with Crippen LogP contribution in [0.4, 0.5) is 11.4 Å². The molecular formula is C20H18N4O3S. The maximum Gasteiger partial charge on any atom is 0.269 e. The predicted molar refractivity (Wildman–Crippen MR) is 111 cm³/mol. The van der Waals surface area contributed by atoms with Crippen molar-refractivity contribution in [3.05, 3.63) is 88.1 Å². The summed E-state index contributed by atoms with van der Waals surface area (Å²) in [6, 6.07) is 17.7. The number of aromatic nitrogens is 1. The largest absolute Gasteiger partial charge is 0.496 e. The number of rotatable bonds is 8. The number of thioether (sulfide) groups is 1. The van der Waals surface area contributed by atoms with Gasteiger partial charge < -0.3 is 4.74 Å². The average Bonchev–Trinajstić information content (AvgIpc) is 2.73. The highest BCUT2D eigenvalue weighted by Crippen LogP contribution is 2.27. The molecule has 0 fully saturated rings. The maximum atomic E-state index is 10.7. The van der Waals surface area contributed by atoms with Gasteiger partial charge in [0.15, 0.2) is 0 Å². The molecule has 0 unspecified atom stereocenters. The Kier molecular flexibility index (Phi) is 6.59. The van der Waals surface area contributed by atoms with Gasteiger partial charge in [0.05, 0.1) is 29.0 Å². The van der Waals surface area contributed by atoms with Crippen LogP contribution >= 0.6 is 11.8 Å². The third-order valence-corrected chi connectivity index (χ3v) is 4.80. The van der Waals surface area contributed by atoms with E-state index < -0.39 is 4.92 Å². The number of methoxy groups -OCH3 is 1. The van der Waals surface area contributed by atoms with Gasteiger partial charge in [-0.3, -0.25) is 15.5 Å². The van der Waals surface area contributed by atoms with Crippen LogP contribution in [-0.2, 0) is 5.75 Å². The Morgan fingerprint density at radius 2 is 2.04 bits per heavy atom. The molecule has 0 saturated heterocycles. The number of hydrazone groups is 1. The molecule has 2 aromatic carbocycles. The molecule has 3 aromatic rings. The fourth-order valence-electron chi connectivity index (χ4n) is 2.41. The number of benzene rings is 2. The van der Waals surface area contributed by atoms with Gasteiger partial charge in [0.1, 0.15) is 5.75 Å². The minimum atomic E-state index is -0.436. The van der Waals surface area contributed by atoms with E-state index in [4.69, 9.17) is 4.74 Å². The SMILES string of the molecule is COc1ccc(C=NNc2ccc([N+](=O)[O-])cc2)cc1CSc1ccccn1. The van der Waals surface area contributed by atoms with Crippen LogP contribution in [0.3, 0.4) is 0 Å². The summed E-state index contributed by atoms with van der Waals surface area (Å²) in [5, 5.41) is 15.8. The number of anilines is 1. The molecule has 0 bridgehead atoms. The summed E-state index contributed by atoms with van der Waals surface area (Å²) >= 11 is 1.63. The molecule has 3 rings (SSSR count). The molecule has 1 heterocycles. The van der Waals surface area contributed by atoms with Crippen molar-refractivity contribution in [1.29, 1.82) is 0 Å². The zero-order chi connectivity index (χ0) is 19.8. The minimum Gasteiger partial charge on any atom is -0.496 e. The topological polar surface area (TPSA) is 89.6 Å². The number of hydrogen-bond donors (Lipinski definition) is 1. The van der Waals surface area contributed by atoms with Crippen LogP contribution in [0.15, 0.2) is 77.0 Å². The van der Waals surface area contributed by atoms with Crippen LogP contribution in [-0.4, -0.2) is 23.2 Å². The van der Waals surface area contributed by atoms with Crippen molar-refractivity contribution < 1.29 is 9.66 Å². The minimum absolute atomic E-state index is 0.0414. The van der Waals surface area contributed by atoms with Gasteiger partial charge in [-0.05, 0) is 48.0 Å². The Bertz CT molecular complexity index is 963. The van der Waals surface area contributed by atoms with Crippen molar-refractivity contribution in [3.63, 3.8) is 0 Å². The summed E-state index contributed by atoms with van der Waals surface area (Å²) in [7, 11) is 1.65. The summed E-state index contributed by atoms with van der Waals surface area (Å²) in [5.41, 5.74) is 5.52. The van der Waals surface area contributed by atoms with Crippen molar-refractivity contribution in [1.82, 2.24) is 4.98 Å². The highest BCUT2D eigenvalue weighted by atomic mass is 32.2. The van der Waals surface area contributed by atoms with Gasteiger partial charge in [0, 0.05) is 29.6 Å². The van der Waals surface area contributed by atoms with Gasteiger partial charge >= 0.3 is 0 Å². The first kappa shape index (κ1) is 19.4. The molecule has 142 valence electrons. The average molecular weight is 394 g/mol. The van der Waals surface area contributed by atoms with E-state index in [1.165, 1.54) is 12.1 Å². The normalized spacial score (nSPS) is 10.8. The van der Waals surface area contributed by atoms with E-state index in [0.717, 1.165) is 27.7 Å². The second kappa shape index (κ2) is 9.52. The van der Waals surface area contributed by atoms with Gasteiger partial charge in [-0.15, -0.1) is 11.8 Å². The fraction of sp³-hybridized carbons (Fsp3) is 0.100. The maximum absolute atomic E-state index is 10.7. The number of nitro benzene ring substituents is 1. The van der Waals surface area contributed by atoms with Crippen molar-refractivity contribution in [2.45, 2.75) is 10.8 Å². The summed E-state index contributed by atoms with van der Waals surface area (Å²) < 4.78 is 5.44. The molecule has 1 aromatic heterocycles. The molecular weight excluding hydrogens is 376 g/mol. The van der Waals surface area contributed by atoms with Crippen LogP contribution in [0.1, 0.15) is 11.1 Å². The van der Waals surface area contributed by atoms with Gasteiger partial charge in [-0.1, -0.05) is 6.07 Å². The standard InChI is InChI=1S/C20H18N4O3S/c1-27-19-10-5-15(12-16(19)14-28-20-4-2-3-11-21-20)13-22-23-17-6-8-18(9-7-17)24(25)26/h2-13,23H,14H2,1H3. The first-order chi connectivity index (χ1) is 13.7. The van der Waals surface area contributed by atoms with Gasteiger partial charge in [0.25, 0.3) is 5.69 Å². The quantitative estimate of drug-likeness (QED) is 0.257. The van der Waals surface area contributed by atoms with E-state index in [1.54, 1.807) is 43.4 Å². The van der Waals surface area contributed by atoms with Crippen molar-refractivity contribution in [2.24, 2.45) is 5.10 Å². The van der Waals surface area contributed by atoms with E-state index in [0.29, 0.717) is 5.69 Å². The molecule has 0 spiro atoms. The molecule has 0 saturated carbocycles. The zero-order valence-corrected chi connectivity index (χ0v) is 15.9. The van der Waals surface area contributed by atoms with Crippen LogP contribution < -0.4 is 10.2 Å². The molecule has 0 radical (unpaired) electrons. The summed E-state index contributed by atoms with van der Waals surface area (Å²) in [5.74, 6) is 1.53. The van der Waals surface area contributed by atoms with E-state index >= 15 is 0 Å². The number of non-ortho nitro benzene ring substituents is 1. The molecule has 8 heteroatoms. The van der Waals surface area contributed by atoms with Gasteiger partial charge in [0.2, 0.25) is 0 Å². The van der Waals surface area contributed by atoms with Crippen LogP contribution in [0.25, 0.3) is 0 Å². The first-order valence-corrected chi connectivity index (χ1v) is 9.38. The summed E-state index contributed by atoms with van der Waals surface area (Å²) in [4.78, 5) is 14.6. The number of nitro groups is 1. The van der Waals surface area contributed by atoms with E-state index in [9.17, 15) is 10.1 Å². The molecule has 0 aliphatic heterocycles. The summed E-state index contributed by atoms with van der Waals surface area (Å²) in [6.07, 6.45) is 3.46. The van der Waals surface area contributed by atoms with Gasteiger partial charge in [-0.2, -0.15) is 5.10 Å². The zero-order valence-electron chi connectivity index (χ0n) is 15.1. The number of nitrogens with one attached hydrogen (secondary N) is 1. The first-order valence-electron chi connectivity index (χ1n) is 8.40. The molecule has 28 heavy (non-hydrogen) atoms.